The molecule has 0 saturated carbocycles. The molecule has 0 aliphatic rings. The molecule has 0 atom stereocenters. The maximum Gasteiger partial charge on any atom is 0.212 e. The second kappa shape index (κ2) is 7.42. The summed E-state index contributed by atoms with van der Waals surface area (Å²) in [6.45, 7) is 7.83. The number of para-hydroxylation sites is 2. The van der Waals surface area contributed by atoms with Crippen molar-refractivity contribution < 1.29 is 8.42 Å². The number of hydrogen-bond acceptors (Lipinski definition) is 5. The van der Waals surface area contributed by atoms with Crippen molar-refractivity contribution in [1.82, 2.24) is 14.5 Å². The van der Waals surface area contributed by atoms with Crippen LogP contribution in [0.25, 0.3) is 27.9 Å². The summed E-state index contributed by atoms with van der Waals surface area (Å²) in [5.41, 5.74) is 13.3. The molecule has 2 aromatic heterocycles. The number of benzene rings is 3. The first-order valence-electron chi connectivity index (χ1n) is 10.6. The monoisotopic (exact) mass is 456 g/mol. The molecule has 0 amide bonds. The van der Waals surface area contributed by atoms with Crippen molar-refractivity contribution >= 4 is 37.9 Å². The van der Waals surface area contributed by atoms with E-state index >= 15 is 0 Å². The Balaban J connectivity index is 1.92. The highest BCUT2D eigenvalue weighted by atomic mass is 32.2. The van der Waals surface area contributed by atoms with Crippen LogP contribution in [0.3, 0.4) is 0 Å². The van der Waals surface area contributed by atoms with Crippen molar-refractivity contribution in [1.29, 1.82) is 0 Å². The van der Waals surface area contributed by atoms with Gasteiger partial charge in [-0.05, 0) is 86.3 Å². The van der Waals surface area contributed by atoms with Crippen molar-refractivity contribution in [3.8, 4) is 5.69 Å². The molecule has 166 valence electrons. The molecular weight excluding hydrogens is 432 g/mol. The van der Waals surface area contributed by atoms with Crippen LogP contribution >= 0.6 is 0 Å². The summed E-state index contributed by atoms with van der Waals surface area (Å²) in [7, 11) is -3.96. The molecule has 7 heteroatoms. The second-order valence-corrected chi connectivity index (χ2v) is 10.4. The van der Waals surface area contributed by atoms with E-state index in [0.29, 0.717) is 16.7 Å². The quantitative estimate of drug-likeness (QED) is 0.402. The lowest BCUT2D eigenvalue weighted by Gasteiger charge is -2.11. The fourth-order valence-corrected chi connectivity index (χ4v) is 5.81. The van der Waals surface area contributed by atoms with E-state index < -0.39 is 9.84 Å². The van der Waals surface area contributed by atoms with Gasteiger partial charge in [0.25, 0.3) is 0 Å². The van der Waals surface area contributed by atoms with Gasteiger partial charge in [-0.2, -0.15) is 0 Å². The number of aryl methyl sites for hydroxylation is 4. The standard InChI is InChI=1S/C26H24N4O2S/c1-15-11-16(2)13-19(12-15)30-25(27)24(33(31,32)20-10-9-17(3)18(4)14-20)23-26(30)29-22-8-6-5-7-21(22)28-23/h5-14H,27H2,1-4H3. The summed E-state index contributed by atoms with van der Waals surface area (Å²) >= 11 is 0. The van der Waals surface area contributed by atoms with Crippen LogP contribution in [0.2, 0.25) is 0 Å². The Bertz CT molecular complexity index is 1660. The predicted octanol–water partition coefficient (Wildman–Crippen LogP) is 5.22. The number of nitrogens with zero attached hydrogens (tertiary/aromatic N) is 3. The zero-order chi connectivity index (χ0) is 23.5. The summed E-state index contributed by atoms with van der Waals surface area (Å²) in [5.74, 6) is 0.100. The van der Waals surface area contributed by atoms with Gasteiger partial charge in [-0.15, -0.1) is 0 Å². The minimum atomic E-state index is -3.96. The van der Waals surface area contributed by atoms with E-state index in [-0.39, 0.29) is 21.1 Å². The summed E-state index contributed by atoms with van der Waals surface area (Å²) < 4.78 is 29.5. The molecule has 33 heavy (non-hydrogen) atoms. The fourth-order valence-electron chi connectivity index (χ4n) is 4.24. The Morgan fingerprint density at radius 2 is 1.42 bits per heavy atom. The van der Waals surface area contributed by atoms with Crippen LogP contribution in [0, 0.1) is 27.7 Å². The van der Waals surface area contributed by atoms with Crippen molar-refractivity contribution in [2.24, 2.45) is 0 Å². The highest BCUT2D eigenvalue weighted by Crippen LogP contribution is 2.37. The molecule has 0 spiro atoms. The molecular formula is C26H24N4O2S. The number of nitrogens with two attached hydrogens (primary N) is 1. The Morgan fingerprint density at radius 1 is 0.788 bits per heavy atom. The molecule has 3 aromatic carbocycles. The number of fused-ring (bicyclic) bond motifs is 2. The van der Waals surface area contributed by atoms with E-state index in [1.54, 1.807) is 16.7 Å². The van der Waals surface area contributed by atoms with Gasteiger partial charge in [-0.3, -0.25) is 4.57 Å². The average molecular weight is 457 g/mol. The third-order valence-electron chi connectivity index (χ3n) is 5.97. The highest BCUT2D eigenvalue weighted by molar-refractivity contribution is 7.92. The lowest BCUT2D eigenvalue weighted by molar-refractivity contribution is 0.597. The highest BCUT2D eigenvalue weighted by Gasteiger charge is 2.31. The molecule has 0 unspecified atom stereocenters. The zero-order valence-electron chi connectivity index (χ0n) is 18.9. The molecule has 0 saturated heterocycles. The number of sulfone groups is 1. The van der Waals surface area contributed by atoms with E-state index in [2.05, 4.69) is 6.07 Å². The Hall–Kier alpha value is -3.71. The molecule has 0 aliphatic carbocycles. The molecule has 2 heterocycles. The molecule has 0 fully saturated rings. The summed E-state index contributed by atoms with van der Waals surface area (Å²) in [4.78, 5) is 9.68. The molecule has 2 N–H and O–H groups in total. The first kappa shape index (κ1) is 21.2. The van der Waals surface area contributed by atoms with Crippen LogP contribution < -0.4 is 5.73 Å². The average Bonchev–Trinajstić information content (AvgIpc) is 3.04. The first-order valence-corrected chi connectivity index (χ1v) is 12.1. The van der Waals surface area contributed by atoms with E-state index in [1.807, 2.05) is 70.2 Å². The number of anilines is 1. The van der Waals surface area contributed by atoms with Crippen molar-refractivity contribution in [3.63, 3.8) is 0 Å². The number of rotatable bonds is 3. The number of aromatic nitrogens is 3. The topological polar surface area (TPSA) is 90.9 Å². The largest absolute Gasteiger partial charge is 0.384 e. The Labute approximate surface area is 192 Å². The molecule has 0 aliphatic heterocycles. The zero-order valence-corrected chi connectivity index (χ0v) is 19.7. The van der Waals surface area contributed by atoms with E-state index in [1.165, 1.54) is 0 Å². The molecule has 0 radical (unpaired) electrons. The summed E-state index contributed by atoms with van der Waals surface area (Å²) in [5, 5.41) is 0. The van der Waals surface area contributed by atoms with E-state index in [9.17, 15) is 8.42 Å². The van der Waals surface area contributed by atoms with Crippen LogP contribution in [0.1, 0.15) is 22.3 Å². The second-order valence-electron chi connectivity index (χ2n) is 8.53. The Kier molecular flexibility index (Phi) is 4.76. The van der Waals surface area contributed by atoms with Gasteiger partial charge in [0.15, 0.2) is 5.65 Å². The van der Waals surface area contributed by atoms with Gasteiger partial charge in [-0.25, -0.2) is 18.4 Å². The SMILES string of the molecule is Cc1cc(C)cc(-n2c(N)c(S(=O)(=O)c3ccc(C)c(C)c3)c3nc4ccccc4nc32)c1. The third kappa shape index (κ3) is 3.36. The van der Waals surface area contributed by atoms with Crippen molar-refractivity contribution in [2.75, 3.05) is 5.73 Å². The maximum absolute atomic E-state index is 13.9. The maximum atomic E-state index is 13.9. The van der Waals surface area contributed by atoms with Gasteiger partial charge >= 0.3 is 0 Å². The summed E-state index contributed by atoms with van der Waals surface area (Å²) in [6, 6.07) is 18.5. The fraction of sp³-hybridized carbons (Fsp3) is 0.154. The third-order valence-corrected chi connectivity index (χ3v) is 7.79. The van der Waals surface area contributed by atoms with Gasteiger partial charge in [0, 0.05) is 5.69 Å². The van der Waals surface area contributed by atoms with Crippen LogP contribution in [-0.4, -0.2) is 23.0 Å². The molecule has 5 rings (SSSR count). The minimum Gasteiger partial charge on any atom is -0.384 e. The number of hydrogen-bond donors (Lipinski definition) is 1. The van der Waals surface area contributed by atoms with Crippen LogP contribution in [0.5, 0.6) is 0 Å². The van der Waals surface area contributed by atoms with Crippen molar-refractivity contribution in [2.45, 2.75) is 37.5 Å². The van der Waals surface area contributed by atoms with Gasteiger partial charge in [0.1, 0.15) is 16.2 Å². The number of nitrogen functional groups attached to an aromatic ring is 1. The first-order chi connectivity index (χ1) is 15.7. The lowest BCUT2D eigenvalue weighted by Crippen LogP contribution is -2.08. The smallest absolute Gasteiger partial charge is 0.212 e. The molecule has 6 nitrogen and oxygen atoms in total. The van der Waals surface area contributed by atoms with Gasteiger partial charge in [0.2, 0.25) is 9.84 Å². The van der Waals surface area contributed by atoms with Crippen molar-refractivity contribution in [3.05, 3.63) is 82.9 Å². The minimum absolute atomic E-state index is 0.0156. The van der Waals surface area contributed by atoms with Gasteiger partial charge < -0.3 is 5.73 Å². The summed E-state index contributed by atoms with van der Waals surface area (Å²) in [6.07, 6.45) is 0. The van der Waals surface area contributed by atoms with Crippen LogP contribution in [-0.2, 0) is 9.84 Å². The van der Waals surface area contributed by atoms with E-state index in [0.717, 1.165) is 27.9 Å². The predicted molar refractivity (Wildman–Crippen MR) is 132 cm³/mol. The van der Waals surface area contributed by atoms with Gasteiger partial charge in [0.05, 0.1) is 15.9 Å². The molecule has 5 aromatic rings. The molecule has 0 bridgehead atoms. The van der Waals surface area contributed by atoms with Crippen LogP contribution in [0.4, 0.5) is 5.82 Å². The van der Waals surface area contributed by atoms with Crippen LogP contribution in [0.15, 0.2) is 70.5 Å². The van der Waals surface area contributed by atoms with Gasteiger partial charge in [-0.1, -0.05) is 24.3 Å². The normalized spacial score (nSPS) is 12.0. The lowest BCUT2D eigenvalue weighted by atomic mass is 10.1. The van der Waals surface area contributed by atoms with E-state index in [4.69, 9.17) is 15.7 Å². The Morgan fingerprint density at radius 3 is 2.06 bits per heavy atom.